The SMILES string of the molecule is Nc1ccc(OCCCO)cc1F. The first kappa shape index (κ1) is 9.80. The van der Waals surface area contributed by atoms with E-state index in [9.17, 15) is 4.39 Å². The van der Waals surface area contributed by atoms with Gasteiger partial charge in [0.05, 0.1) is 12.3 Å². The molecule has 0 atom stereocenters. The number of ether oxygens (including phenoxy) is 1. The van der Waals surface area contributed by atoms with Crippen molar-refractivity contribution < 1.29 is 14.2 Å². The second kappa shape index (κ2) is 4.67. The number of nitrogens with two attached hydrogens (primary N) is 1. The van der Waals surface area contributed by atoms with Crippen LogP contribution in [0.5, 0.6) is 5.75 Å². The first-order valence-corrected chi connectivity index (χ1v) is 4.02. The van der Waals surface area contributed by atoms with Crippen LogP contribution in [0.4, 0.5) is 10.1 Å². The van der Waals surface area contributed by atoms with Gasteiger partial charge >= 0.3 is 0 Å². The molecule has 0 aliphatic rings. The number of nitrogen functional groups attached to an aromatic ring is 1. The van der Waals surface area contributed by atoms with Crippen LogP contribution in [0.3, 0.4) is 0 Å². The normalized spacial score (nSPS) is 10.0. The molecule has 3 nitrogen and oxygen atoms in total. The van der Waals surface area contributed by atoms with Crippen molar-refractivity contribution in [2.75, 3.05) is 18.9 Å². The second-order valence-electron chi connectivity index (χ2n) is 2.61. The molecule has 4 heteroatoms. The molecule has 0 heterocycles. The zero-order chi connectivity index (χ0) is 9.68. The highest BCUT2D eigenvalue weighted by atomic mass is 19.1. The van der Waals surface area contributed by atoms with Crippen LogP contribution >= 0.6 is 0 Å². The first-order valence-electron chi connectivity index (χ1n) is 4.02. The van der Waals surface area contributed by atoms with Crippen molar-refractivity contribution in [3.05, 3.63) is 24.0 Å². The van der Waals surface area contributed by atoms with Gasteiger partial charge in [-0.1, -0.05) is 0 Å². The molecular weight excluding hydrogens is 173 g/mol. The van der Waals surface area contributed by atoms with Gasteiger partial charge in [0, 0.05) is 19.1 Å². The van der Waals surface area contributed by atoms with Crippen LogP contribution < -0.4 is 10.5 Å². The Morgan fingerprint density at radius 3 is 2.85 bits per heavy atom. The molecule has 0 fully saturated rings. The molecule has 0 radical (unpaired) electrons. The largest absolute Gasteiger partial charge is 0.493 e. The van der Waals surface area contributed by atoms with Crippen molar-refractivity contribution in [1.82, 2.24) is 0 Å². The minimum atomic E-state index is -0.485. The predicted molar refractivity (Wildman–Crippen MR) is 48.0 cm³/mol. The van der Waals surface area contributed by atoms with E-state index in [1.54, 1.807) is 6.07 Å². The summed E-state index contributed by atoms with van der Waals surface area (Å²) in [5, 5.41) is 8.47. The Balaban J connectivity index is 2.53. The van der Waals surface area contributed by atoms with Crippen LogP contribution in [0, 0.1) is 5.82 Å². The Bertz CT molecular complexity index is 278. The minimum absolute atomic E-state index is 0.0669. The van der Waals surface area contributed by atoms with Gasteiger partial charge in [0.2, 0.25) is 0 Å². The lowest BCUT2D eigenvalue weighted by Gasteiger charge is -2.05. The molecule has 0 bridgehead atoms. The van der Waals surface area contributed by atoms with Gasteiger partial charge in [-0.05, 0) is 12.1 Å². The van der Waals surface area contributed by atoms with Crippen molar-refractivity contribution in [3.8, 4) is 5.75 Å². The number of rotatable bonds is 4. The summed E-state index contributed by atoms with van der Waals surface area (Å²) in [6, 6.07) is 4.27. The van der Waals surface area contributed by atoms with Crippen molar-refractivity contribution in [3.63, 3.8) is 0 Å². The third-order valence-corrected chi connectivity index (χ3v) is 1.54. The number of hydrogen-bond donors (Lipinski definition) is 2. The second-order valence-corrected chi connectivity index (χ2v) is 2.61. The zero-order valence-corrected chi connectivity index (χ0v) is 7.16. The molecule has 1 aromatic rings. The molecule has 0 saturated heterocycles. The number of aliphatic hydroxyl groups is 1. The molecule has 72 valence electrons. The Labute approximate surface area is 75.9 Å². The standard InChI is InChI=1S/C9H12FNO2/c10-8-6-7(2-3-9(8)11)13-5-1-4-12/h2-3,6,12H,1,4-5,11H2. The highest BCUT2D eigenvalue weighted by Crippen LogP contribution is 2.17. The van der Waals surface area contributed by atoms with Crippen LogP contribution in [0.2, 0.25) is 0 Å². The van der Waals surface area contributed by atoms with E-state index < -0.39 is 5.82 Å². The lowest BCUT2D eigenvalue weighted by molar-refractivity contribution is 0.233. The molecule has 3 N–H and O–H groups in total. The minimum Gasteiger partial charge on any atom is -0.493 e. The summed E-state index contributed by atoms with van der Waals surface area (Å²) < 4.78 is 18.0. The van der Waals surface area contributed by atoms with E-state index >= 15 is 0 Å². The van der Waals surface area contributed by atoms with Gasteiger partial charge in [0.15, 0.2) is 0 Å². The molecular formula is C9H12FNO2. The summed E-state index contributed by atoms with van der Waals surface area (Å²) in [5.41, 5.74) is 5.38. The van der Waals surface area contributed by atoms with Crippen molar-refractivity contribution in [1.29, 1.82) is 0 Å². The summed E-state index contributed by atoms with van der Waals surface area (Å²) >= 11 is 0. The summed E-state index contributed by atoms with van der Waals surface area (Å²) in [4.78, 5) is 0. The van der Waals surface area contributed by atoms with Gasteiger partial charge in [0.1, 0.15) is 11.6 Å². The first-order chi connectivity index (χ1) is 6.24. The van der Waals surface area contributed by atoms with Crippen molar-refractivity contribution in [2.24, 2.45) is 0 Å². The molecule has 0 aromatic heterocycles. The van der Waals surface area contributed by atoms with Crippen LogP contribution in [-0.4, -0.2) is 18.3 Å². The predicted octanol–water partition coefficient (Wildman–Crippen LogP) is 1.17. The highest BCUT2D eigenvalue weighted by molar-refractivity contribution is 5.43. The fourth-order valence-corrected chi connectivity index (χ4v) is 0.852. The number of anilines is 1. The Kier molecular flexibility index (Phi) is 3.52. The number of aliphatic hydroxyl groups excluding tert-OH is 1. The average Bonchev–Trinajstić information content (AvgIpc) is 2.12. The van der Waals surface area contributed by atoms with Gasteiger partial charge in [-0.3, -0.25) is 0 Å². The van der Waals surface area contributed by atoms with Crippen LogP contribution in [-0.2, 0) is 0 Å². The summed E-state index contributed by atoms with van der Waals surface area (Å²) in [6.07, 6.45) is 0.534. The quantitative estimate of drug-likeness (QED) is 0.547. The smallest absolute Gasteiger partial charge is 0.149 e. The molecule has 1 rings (SSSR count). The van der Waals surface area contributed by atoms with Gasteiger partial charge in [-0.15, -0.1) is 0 Å². The summed E-state index contributed by atoms with van der Waals surface area (Å²) in [6.45, 7) is 0.442. The van der Waals surface area contributed by atoms with E-state index in [1.165, 1.54) is 12.1 Å². The van der Waals surface area contributed by atoms with Gasteiger partial charge in [-0.2, -0.15) is 0 Å². The van der Waals surface area contributed by atoms with Gasteiger partial charge in [0.25, 0.3) is 0 Å². The summed E-state index contributed by atoms with van der Waals surface area (Å²) in [5.74, 6) is -0.0540. The number of benzene rings is 1. The molecule has 0 amide bonds. The topological polar surface area (TPSA) is 55.5 Å². The molecule has 13 heavy (non-hydrogen) atoms. The maximum atomic E-state index is 12.8. The summed E-state index contributed by atoms with van der Waals surface area (Å²) in [7, 11) is 0. The van der Waals surface area contributed by atoms with Crippen LogP contribution in [0.1, 0.15) is 6.42 Å². The Hall–Kier alpha value is -1.29. The Morgan fingerprint density at radius 2 is 2.23 bits per heavy atom. The van der Waals surface area contributed by atoms with E-state index in [1.807, 2.05) is 0 Å². The molecule has 0 unspecified atom stereocenters. The molecule has 1 aromatic carbocycles. The Morgan fingerprint density at radius 1 is 1.46 bits per heavy atom. The molecule has 0 aliphatic carbocycles. The van der Waals surface area contributed by atoms with Crippen molar-refractivity contribution >= 4 is 5.69 Å². The van der Waals surface area contributed by atoms with E-state index in [4.69, 9.17) is 15.6 Å². The molecule has 0 spiro atoms. The number of halogens is 1. The lowest BCUT2D eigenvalue weighted by atomic mass is 10.3. The highest BCUT2D eigenvalue weighted by Gasteiger charge is 1.99. The zero-order valence-electron chi connectivity index (χ0n) is 7.16. The van der Waals surface area contributed by atoms with Crippen molar-refractivity contribution in [2.45, 2.75) is 6.42 Å². The maximum Gasteiger partial charge on any atom is 0.149 e. The average molecular weight is 185 g/mol. The number of hydrogen-bond acceptors (Lipinski definition) is 3. The van der Waals surface area contributed by atoms with Gasteiger partial charge in [-0.25, -0.2) is 4.39 Å². The van der Waals surface area contributed by atoms with Crippen LogP contribution in [0.15, 0.2) is 18.2 Å². The fourth-order valence-electron chi connectivity index (χ4n) is 0.852. The van der Waals surface area contributed by atoms with E-state index in [2.05, 4.69) is 0 Å². The van der Waals surface area contributed by atoms with E-state index in [0.717, 1.165) is 0 Å². The lowest BCUT2D eigenvalue weighted by Crippen LogP contribution is -2.00. The molecule has 0 saturated carbocycles. The third kappa shape index (κ3) is 2.91. The van der Waals surface area contributed by atoms with E-state index in [0.29, 0.717) is 18.8 Å². The monoisotopic (exact) mass is 185 g/mol. The third-order valence-electron chi connectivity index (χ3n) is 1.54. The maximum absolute atomic E-state index is 12.8. The van der Waals surface area contributed by atoms with Gasteiger partial charge < -0.3 is 15.6 Å². The van der Waals surface area contributed by atoms with E-state index in [-0.39, 0.29) is 12.3 Å². The fraction of sp³-hybridized carbons (Fsp3) is 0.333. The molecule has 0 aliphatic heterocycles. The van der Waals surface area contributed by atoms with Crippen LogP contribution in [0.25, 0.3) is 0 Å².